The molecule has 1 atom stereocenters. The lowest BCUT2D eigenvalue weighted by atomic mass is 10.3. The highest BCUT2D eigenvalue weighted by atomic mass is 16.5. The number of hydrogen-bond acceptors (Lipinski definition) is 3. The Hall–Kier alpha value is -0.610. The summed E-state index contributed by atoms with van der Waals surface area (Å²) in [5.74, 6) is 0.0778. The van der Waals surface area contributed by atoms with Crippen molar-refractivity contribution in [3.05, 3.63) is 0 Å². The highest BCUT2D eigenvalue weighted by Crippen LogP contribution is 2.06. The summed E-state index contributed by atoms with van der Waals surface area (Å²) in [5, 5.41) is 0. The van der Waals surface area contributed by atoms with Gasteiger partial charge in [0.05, 0.1) is 0 Å². The molecule has 82 valence electrons. The third-order valence-electron chi connectivity index (χ3n) is 2.45. The molecule has 0 aliphatic carbocycles. The van der Waals surface area contributed by atoms with Crippen molar-refractivity contribution in [1.29, 1.82) is 0 Å². The summed E-state index contributed by atoms with van der Waals surface area (Å²) in [7, 11) is 0. The largest absolute Gasteiger partial charge is 0.372 e. The van der Waals surface area contributed by atoms with Crippen LogP contribution in [0.15, 0.2) is 0 Å². The predicted octanol–water partition coefficient (Wildman–Crippen LogP) is 0.363. The molecule has 1 aliphatic rings. The molecule has 0 radical (unpaired) electrons. The van der Waals surface area contributed by atoms with Crippen LogP contribution in [0.5, 0.6) is 0 Å². The molecular weight excluding hydrogens is 180 g/mol. The van der Waals surface area contributed by atoms with Crippen molar-refractivity contribution in [1.82, 2.24) is 4.90 Å². The van der Waals surface area contributed by atoms with Crippen LogP contribution in [-0.2, 0) is 9.53 Å². The van der Waals surface area contributed by atoms with Gasteiger partial charge < -0.3 is 15.4 Å². The molecule has 4 nitrogen and oxygen atoms in total. The molecule has 1 fully saturated rings. The smallest absolute Gasteiger partial charge is 0.248 e. The van der Waals surface area contributed by atoms with Gasteiger partial charge in [-0.3, -0.25) is 4.79 Å². The first-order valence-corrected chi connectivity index (χ1v) is 5.35. The van der Waals surface area contributed by atoms with Gasteiger partial charge in [-0.1, -0.05) is 13.3 Å². The van der Waals surface area contributed by atoms with Crippen molar-refractivity contribution >= 4 is 5.91 Å². The minimum absolute atomic E-state index is 0.0778. The standard InChI is InChI=1S/C10H20N2O2/c1-2-3-6-14-8-10(13)12-5-4-9(11)7-12/h9H,2-8,11H2,1H3/t9-/m1/s1. The zero-order valence-electron chi connectivity index (χ0n) is 8.87. The Kier molecular flexibility index (Phi) is 4.90. The number of carbonyl (C=O) groups is 1. The van der Waals surface area contributed by atoms with Crippen LogP contribution in [0.4, 0.5) is 0 Å². The molecule has 0 aromatic rings. The summed E-state index contributed by atoms with van der Waals surface area (Å²) in [6.07, 6.45) is 3.04. The molecule has 0 bridgehead atoms. The van der Waals surface area contributed by atoms with Crippen molar-refractivity contribution in [3.8, 4) is 0 Å². The summed E-state index contributed by atoms with van der Waals surface area (Å²) in [6.45, 7) is 4.48. The monoisotopic (exact) mass is 200 g/mol. The number of rotatable bonds is 5. The van der Waals surface area contributed by atoms with E-state index in [-0.39, 0.29) is 18.6 Å². The number of nitrogens with zero attached hydrogens (tertiary/aromatic N) is 1. The first-order valence-electron chi connectivity index (χ1n) is 5.35. The molecule has 0 spiro atoms. The average molecular weight is 200 g/mol. The van der Waals surface area contributed by atoms with Gasteiger partial charge in [-0.15, -0.1) is 0 Å². The molecule has 1 heterocycles. The lowest BCUT2D eigenvalue weighted by molar-refractivity contribution is -0.135. The second-order valence-electron chi connectivity index (χ2n) is 3.79. The maximum Gasteiger partial charge on any atom is 0.248 e. The van der Waals surface area contributed by atoms with Gasteiger partial charge in [0.25, 0.3) is 0 Å². The lowest BCUT2D eigenvalue weighted by Crippen LogP contribution is -2.34. The molecule has 1 aliphatic heterocycles. The van der Waals surface area contributed by atoms with E-state index in [1.807, 2.05) is 0 Å². The van der Waals surface area contributed by atoms with Crippen LogP contribution in [0.25, 0.3) is 0 Å². The molecule has 0 unspecified atom stereocenters. The number of ether oxygens (including phenoxy) is 1. The van der Waals surface area contributed by atoms with E-state index in [0.29, 0.717) is 13.2 Å². The highest BCUT2D eigenvalue weighted by molar-refractivity contribution is 5.77. The van der Waals surface area contributed by atoms with E-state index in [1.165, 1.54) is 0 Å². The summed E-state index contributed by atoms with van der Waals surface area (Å²) < 4.78 is 5.25. The van der Waals surface area contributed by atoms with Crippen LogP contribution in [0.1, 0.15) is 26.2 Å². The second-order valence-corrected chi connectivity index (χ2v) is 3.79. The Balaban J connectivity index is 2.09. The van der Waals surface area contributed by atoms with Crippen molar-refractivity contribution in [2.45, 2.75) is 32.2 Å². The predicted molar refractivity (Wildman–Crippen MR) is 54.9 cm³/mol. The van der Waals surface area contributed by atoms with E-state index in [2.05, 4.69) is 6.92 Å². The molecule has 0 aromatic carbocycles. The number of unbranched alkanes of at least 4 members (excludes halogenated alkanes) is 1. The first kappa shape index (κ1) is 11.5. The van der Waals surface area contributed by atoms with Crippen molar-refractivity contribution in [3.63, 3.8) is 0 Å². The Morgan fingerprint density at radius 1 is 1.64 bits per heavy atom. The van der Waals surface area contributed by atoms with Crippen molar-refractivity contribution in [2.75, 3.05) is 26.3 Å². The number of carbonyl (C=O) groups excluding carboxylic acids is 1. The van der Waals surface area contributed by atoms with Crippen LogP contribution in [0.3, 0.4) is 0 Å². The summed E-state index contributed by atoms with van der Waals surface area (Å²) >= 11 is 0. The molecule has 2 N–H and O–H groups in total. The Bertz CT molecular complexity index is 185. The molecule has 0 aromatic heterocycles. The summed E-state index contributed by atoms with van der Waals surface area (Å²) in [4.78, 5) is 13.3. The number of nitrogens with two attached hydrogens (primary N) is 1. The van der Waals surface area contributed by atoms with Gasteiger partial charge in [0.1, 0.15) is 6.61 Å². The SMILES string of the molecule is CCCCOCC(=O)N1CC[C@@H](N)C1. The molecular formula is C10H20N2O2. The average Bonchev–Trinajstić information content (AvgIpc) is 2.59. The first-order chi connectivity index (χ1) is 6.74. The van der Waals surface area contributed by atoms with E-state index in [4.69, 9.17) is 10.5 Å². The van der Waals surface area contributed by atoms with Crippen molar-refractivity contribution < 1.29 is 9.53 Å². The molecule has 0 saturated carbocycles. The minimum atomic E-state index is 0.0778. The minimum Gasteiger partial charge on any atom is -0.372 e. The van der Waals surface area contributed by atoms with Crippen LogP contribution in [-0.4, -0.2) is 43.2 Å². The topological polar surface area (TPSA) is 55.6 Å². The normalized spacial score (nSPS) is 21.6. The lowest BCUT2D eigenvalue weighted by Gasteiger charge is -2.15. The fourth-order valence-corrected chi connectivity index (χ4v) is 1.51. The summed E-state index contributed by atoms with van der Waals surface area (Å²) in [6, 6.07) is 0.162. The van der Waals surface area contributed by atoms with Gasteiger partial charge in [0.2, 0.25) is 5.91 Å². The fourth-order valence-electron chi connectivity index (χ4n) is 1.51. The van der Waals surface area contributed by atoms with E-state index >= 15 is 0 Å². The third kappa shape index (κ3) is 3.64. The number of amides is 1. The molecule has 1 rings (SSSR count). The molecule has 1 saturated heterocycles. The van der Waals surface area contributed by atoms with Gasteiger partial charge in [-0.25, -0.2) is 0 Å². The van der Waals surface area contributed by atoms with Gasteiger partial charge in [-0.2, -0.15) is 0 Å². The third-order valence-corrected chi connectivity index (χ3v) is 2.45. The maximum atomic E-state index is 11.5. The van der Waals surface area contributed by atoms with Crippen molar-refractivity contribution in [2.24, 2.45) is 5.73 Å². The van der Waals surface area contributed by atoms with Gasteiger partial charge in [0.15, 0.2) is 0 Å². The zero-order valence-corrected chi connectivity index (χ0v) is 8.87. The van der Waals surface area contributed by atoms with Gasteiger partial charge in [-0.05, 0) is 12.8 Å². The van der Waals surface area contributed by atoms with E-state index < -0.39 is 0 Å². The second kappa shape index (κ2) is 5.98. The molecule has 14 heavy (non-hydrogen) atoms. The fraction of sp³-hybridized carbons (Fsp3) is 0.900. The molecule has 1 amide bonds. The number of likely N-dealkylation sites (tertiary alicyclic amines) is 1. The van der Waals surface area contributed by atoms with Crippen LogP contribution in [0.2, 0.25) is 0 Å². The number of hydrogen-bond donors (Lipinski definition) is 1. The Labute approximate surface area is 85.4 Å². The van der Waals surface area contributed by atoms with Crippen LogP contribution in [0, 0.1) is 0 Å². The van der Waals surface area contributed by atoms with Gasteiger partial charge >= 0.3 is 0 Å². The van der Waals surface area contributed by atoms with E-state index in [1.54, 1.807) is 4.90 Å². The molecule has 4 heteroatoms. The van der Waals surface area contributed by atoms with Crippen LogP contribution < -0.4 is 5.73 Å². The Morgan fingerprint density at radius 2 is 2.43 bits per heavy atom. The van der Waals surface area contributed by atoms with Crippen LogP contribution >= 0.6 is 0 Å². The highest BCUT2D eigenvalue weighted by Gasteiger charge is 2.23. The van der Waals surface area contributed by atoms with E-state index in [0.717, 1.165) is 25.8 Å². The summed E-state index contributed by atoms with van der Waals surface area (Å²) in [5.41, 5.74) is 5.70. The zero-order chi connectivity index (χ0) is 10.4. The maximum absolute atomic E-state index is 11.5. The Morgan fingerprint density at radius 3 is 3.00 bits per heavy atom. The quantitative estimate of drug-likeness (QED) is 0.652. The van der Waals surface area contributed by atoms with E-state index in [9.17, 15) is 4.79 Å². The van der Waals surface area contributed by atoms with Gasteiger partial charge in [0, 0.05) is 25.7 Å².